The van der Waals surface area contributed by atoms with E-state index in [0.717, 1.165) is 17.6 Å². The highest BCUT2D eigenvalue weighted by Gasteiger charge is 2.02. The van der Waals surface area contributed by atoms with E-state index in [1.165, 1.54) is 19.3 Å². The molecule has 0 bridgehead atoms. The second-order valence-corrected chi connectivity index (χ2v) is 4.75. The lowest BCUT2D eigenvalue weighted by molar-refractivity contribution is 0.223. The predicted octanol–water partition coefficient (Wildman–Crippen LogP) is 4.59. The third-order valence-corrected chi connectivity index (χ3v) is 2.94. The molecule has 0 aliphatic carbocycles. The molecule has 1 aromatic rings. The first-order valence-corrected chi connectivity index (χ1v) is 6.80. The zero-order valence-corrected chi connectivity index (χ0v) is 11.3. The summed E-state index contributed by atoms with van der Waals surface area (Å²) in [6.45, 7) is 6.22. The van der Waals surface area contributed by atoms with Crippen molar-refractivity contribution < 1.29 is 5.11 Å². The van der Waals surface area contributed by atoms with E-state index >= 15 is 0 Å². The summed E-state index contributed by atoms with van der Waals surface area (Å²) in [5.74, 6) is 0. The second kappa shape index (κ2) is 8.71. The second-order valence-electron chi connectivity index (χ2n) is 4.75. The highest BCUT2D eigenvalue weighted by Crippen LogP contribution is 2.14. The molecule has 1 aromatic carbocycles. The van der Waals surface area contributed by atoms with Crippen LogP contribution >= 0.6 is 0 Å². The van der Waals surface area contributed by atoms with Gasteiger partial charge in [-0.15, -0.1) is 0 Å². The normalized spacial score (nSPS) is 12.8. The van der Waals surface area contributed by atoms with Crippen LogP contribution in [0.4, 0.5) is 0 Å². The quantitative estimate of drug-likeness (QED) is 0.524. The fraction of sp³-hybridized carbons (Fsp3) is 0.412. The van der Waals surface area contributed by atoms with Crippen molar-refractivity contribution in [3.8, 4) is 0 Å². The minimum absolute atomic E-state index is 0.417. The van der Waals surface area contributed by atoms with Gasteiger partial charge in [0.25, 0.3) is 0 Å². The summed E-state index contributed by atoms with van der Waals surface area (Å²) < 4.78 is 0. The van der Waals surface area contributed by atoms with Crippen molar-refractivity contribution in [1.82, 2.24) is 0 Å². The molecular weight excluding hydrogens is 220 g/mol. The summed E-state index contributed by atoms with van der Waals surface area (Å²) in [6, 6.07) is 10.0. The van der Waals surface area contributed by atoms with Crippen molar-refractivity contribution in [1.29, 1.82) is 0 Å². The van der Waals surface area contributed by atoms with Crippen molar-refractivity contribution in [2.75, 3.05) is 0 Å². The fourth-order valence-corrected chi connectivity index (χ4v) is 1.88. The predicted molar refractivity (Wildman–Crippen MR) is 79.4 cm³/mol. The molecule has 0 heterocycles. The van der Waals surface area contributed by atoms with Crippen molar-refractivity contribution in [3.05, 3.63) is 54.1 Å². The number of unbranched alkanes of at least 4 members (excludes halogenated alkanes) is 2. The zero-order chi connectivity index (χ0) is 13.2. The van der Waals surface area contributed by atoms with Crippen LogP contribution in [0.5, 0.6) is 0 Å². The molecule has 1 heteroatoms. The molecule has 1 rings (SSSR count). The van der Waals surface area contributed by atoms with E-state index < -0.39 is 6.10 Å². The molecule has 1 atom stereocenters. The molecule has 0 unspecified atom stereocenters. The van der Waals surface area contributed by atoms with Gasteiger partial charge in [0.15, 0.2) is 0 Å². The van der Waals surface area contributed by atoms with Crippen LogP contribution in [0.15, 0.2) is 48.6 Å². The molecule has 0 aliphatic heterocycles. The van der Waals surface area contributed by atoms with Crippen LogP contribution in [0.25, 0.3) is 6.08 Å². The Bertz CT molecular complexity index is 364. The van der Waals surface area contributed by atoms with Crippen LogP contribution in [-0.4, -0.2) is 11.2 Å². The molecule has 0 spiro atoms. The van der Waals surface area contributed by atoms with Crippen LogP contribution in [0.3, 0.4) is 0 Å². The summed E-state index contributed by atoms with van der Waals surface area (Å²) in [5, 5.41) is 9.89. The first-order valence-electron chi connectivity index (χ1n) is 6.80. The Balaban J connectivity index is 2.30. The van der Waals surface area contributed by atoms with Crippen molar-refractivity contribution in [3.63, 3.8) is 0 Å². The smallest absolute Gasteiger partial charge is 0.0761 e. The molecule has 1 N–H and O–H groups in total. The molecule has 98 valence electrons. The Labute approximate surface area is 111 Å². The van der Waals surface area contributed by atoms with E-state index in [0.29, 0.717) is 6.42 Å². The van der Waals surface area contributed by atoms with Crippen molar-refractivity contribution >= 4 is 6.08 Å². The SMILES string of the molecule is C=C(CCCCC)C[C@@H](O)/C=C/c1ccccc1. The number of rotatable bonds is 8. The van der Waals surface area contributed by atoms with Crippen LogP contribution in [0, 0.1) is 0 Å². The monoisotopic (exact) mass is 244 g/mol. The van der Waals surface area contributed by atoms with Gasteiger partial charge < -0.3 is 5.11 Å². The third kappa shape index (κ3) is 6.41. The molecule has 0 amide bonds. The Morgan fingerprint density at radius 1 is 1.28 bits per heavy atom. The molecule has 0 saturated carbocycles. The van der Waals surface area contributed by atoms with Gasteiger partial charge in [-0.1, -0.05) is 74.4 Å². The van der Waals surface area contributed by atoms with Crippen molar-refractivity contribution in [2.45, 2.75) is 45.1 Å². The maximum Gasteiger partial charge on any atom is 0.0761 e. The number of hydrogen-bond acceptors (Lipinski definition) is 1. The highest BCUT2D eigenvalue weighted by atomic mass is 16.3. The lowest BCUT2D eigenvalue weighted by atomic mass is 10.0. The first kappa shape index (κ1) is 14.7. The number of aliphatic hydroxyl groups is 1. The van der Waals surface area contributed by atoms with Crippen LogP contribution in [-0.2, 0) is 0 Å². The summed E-state index contributed by atoms with van der Waals surface area (Å²) in [4.78, 5) is 0. The molecule has 0 fully saturated rings. The van der Waals surface area contributed by atoms with Gasteiger partial charge in [-0.05, 0) is 24.8 Å². The molecule has 0 radical (unpaired) electrons. The topological polar surface area (TPSA) is 20.2 Å². The number of aliphatic hydroxyl groups excluding tert-OH is 1. The molecule has 18 heavy (non-hydrogen) atoms. The number of benzene rings is 1. The van der Waals surface area contributed by atoms with Gasteiger partial charge in [-0.25, -0.2) is 0 Å². The Morgan fingerprint density at radius 2 is 2.00 bits per heavy atom. The van der Waals surface area contributed by atoms with Crippen LogP contribution < -0.4 is 0 Å². The lowest BCUT2D eigenvalue weighted by Gasteiger charge is -2.08. The molecule has 0 aromatic heterocycles. The number of hydrogen-bond donors (Lipinski definition) is 1. The Hall–Kier alpha value is -1.34. The minimum atomic E-state index is -0.417. The Kier molecular flexibility index (Phi) is 7.12. The molecular formula is C17H24O. The van der Waals surface area contributed by atoms with Gasteiger partial charge >= 0.3 is 0 Å². The van der Waals surface area contributed by atoms with E-state index in [9.17, 15) is 5.11 Å². The average Bonchev–Trinajstić information content (AvgIpc) is 2.38. The fourth-order valence-electron chi connectivity index (χ4n) is 1.88. The van der Waals surface area contributed by atoms with E-state index in [-0.39, 0.29) is 0 Å². The van der Waals surface area contributed by atoms with Gasteiger partial charge in [0.2, 0.25) is 0 Å². The standard InChI is InChI=1S/C17H24O/c1-3-4-6-9-15(2)14-17(18)13-12-16-10-7-5-8-11-16/h5,7-8,10-13,17-18H,2-4,6,9,14H2,1H3/b13-12+/t17-/m0/s1. The summed E-state index contributed by atoms with van der Waals surface area (Å²) in [6.07, 6.45) is 8.75. The average molecular weight is 244 g/mol. The van der Waals surface area contributed by atoms with Crippen LogP contribution in [0.2, 0.25) is 0 Å². The zero-order valence-electron chi connectivity index (χ0n) is 11.3. The van der Waals surface area contributed by atoms with Gasteiger partial charge in [0.05, 0.1) is 6.10 Å². The maximum atomic E-state index is 9.89. The van der Waals surface area contributed by atoms with Gasteiger partial charge in [0, 0.05) is 0 Å². The van der Waals surface area contributed by atoms with E-state index in [1.807, 2.05) is 42.5 Å². The molecule has 0 saturated heterocycles. The lowest BCUT2D eigenvalue weighted by Crippen LogP contribution is -2.03. The Morgan fingerprint density at radius 3 is 2.67 bits per heavy atom. The maximum absolute atomic E-state index is 9.89. The molecule has 0 aliphatic rings. The summed E-state index contributed by atoms with van der Waals surface area (Å²) in [5.41, 5.74) is 2.27. The molecule has 1 nitrogen and oxygen atoms in total. The van der Waals surface area contributed by atoms with E-state index in [2.05, 4.69) is 13.5 Å². The summed E-state index contributed by atoms with van der Waals surface area (Å²) >= 11 is 0. The minimum Gasteiger partial charge on any atom is -0.389 e. The first-order chi connectivity index (χ1) is 8.72. The highest BCUT2D eigenvalue weighted by molar-refractivity contribution is 5.49. The van der Waals surface area contributed by atoms with E-state index in [1.54, 1.807) is 0 Å². The van der Waals surface area contributed by atoms with Gasteiger partial charge in [0.1, 0.15) is 0 Å². The summed E-state index contributed by atoms with van der Waals surface area (Å²) in [7, 11) is 0. The van der Waals surface area contributed by atoms with Crippen molar-refractivity contribution in [2.24, 2.45) is 0 Å². The van der Waals surface area contributed by atoms with E-state index in [4.69, 9.17) is 0 Å². The largest absolute Gasteiger partial charge is 0.389 e. The third-order valence-electron chi connectivity index (χ3n) is 2.94. The van der Waals surface area contributed by atoms with Gasteiger partial charge in [-0.3, -0.25) is 0 Å². The van der Waals surface area contributed by atoms with Crippen LogP contribution in [0.1, 0.15) is 44.6 Å². The van der Waals surface area contributed by atoms with Gasteiger partial charge in [-0.2, -0.15) is 0 Å².